The van der Waals surface area contributed by atoms with Crippen LogP contribution in [0.1, 0.15) is 39.0 Å². The lowest BCUT2D eigenvalue weighted by molar-refractivity contribution is -0.148. The predicted octanol–water partition coefficient (Wildman–Crippen LogP) is 2.89. The van der Waals surface area contributed by atoms with Crippen molar-refractivity contribution in [3.8, 4) is 0 Å². The van der Waals surface area contributed by atoms with Crippen LogP contribution in [-0.2, 0) is 9.47 Å². The first-order valence-corrected chi connectivity index (χ1v) is 6.86. The lowest BCUT2D eigenvalue weighted by atomic mass is 9.83. The van der Waals surface area contributed by atoms with E-state index < -0.39 is 18.2 Å². The molecule has 0 aromatic heterocycles. The van der Waals surface area contributed by atoms with E-state index in [-0.39, 0.29) is 12.5 Å². The SMILES string of the molecule is CCCNC(CCC(F)(F)F)C1(OC)CCOCC1. The highest BCUT2D eigenvalue weighted by Gasteiger charge is 2.42. The Balaban J connectivity index is 2.68. The van der Waals surface area contributed by atoms with E-state index in [1.807, 2.05) is 6.92 Å². The smallest absolute Gasteiger partial charge is 0.381 e. The maximum atomic E-state index is 12.4. The fraction of sp³-hybridized carbons (Fsp3) is 1.00. The molecule has 0 aromatic rings. The van der Waals surface area contributed by atoms with Crippen molar-refractivity contribution in [2.45, 2.75) is 56.8 Å². The van der Waals surface area contributed by atoms with E-state index >= 15 is 0 Å². The Kier molecular flexibility index (Phi) is 6.56. The standard InChI is InChI=1S/C13H24F3NO2/c1-3-8-17-11(4-5-13(14,15)16)12(18-2)6-9-19-10-7-12/h11,17H,3-10H2,1-2H3. The minimum Gasteiger partial charge on any atom is -0.381 e. The number of methoxy groups -OCH3 is 1. The van der Waals surface area contributed by atoms with Gasteiger partial charge in [0.1, 0.15) is 0 Å². The minimum absolute atomic E-state index is 0.0529. The number of nitrogens with one attached hydrogen (secondary N) is 1. The Morgan fingerprint density at radius 2 is 1.95 bits per heavy atom. The van der Waals surface area contributed by atoms with Gasteiger partial charge in [0, 0.05) is 45.6 Å². The van der Waals surface area contributed by atoms with Gasteiger partial charge in [-0.3, -0.25) is 0 Å². The summed E-state index contributed by atoms with van der Waals surface area (Å²) in [5.41, 5.74) is -0.529. The molecular weight excluding hydrogens is 259 g/mol. The summed E-state index contributed by atoms with van der Waals surface area (Å²) in [6.45, 7) is 3.79. The molecule has 0 bridgehead atoms. The third-order valence-electron chi connectivity index (χ3n) is 3.74. The van der Waals surface area contributed by atoms with Crippen LogP contribution in [0, 0.1) is 0 Å². The Hall–Kier alpha value is -0.330. The molecule has 19 heavy (non-hydrogen) atoms. The fourth-order valence-corrected chi connectivity index (χ4v) is 2.59. The average Bonchev–Trinajstić information content (AvgIpc) is 2.38. The van der Waals surface area contributed by atoms with Crippen LogP contribution in [-0.4, -0.2) is 44.7 Å². The van der Waals surface area contributed by atoms with Crippen LogP contribution in [0.15, 0.2) is 0 Å². The van der Waals surface area contributed by atoms with Crippen LogP contribution in [0.25, 0.3) is 0 Å². The van der Waals surface area contributed by atoms with Gasteiger partial charge in [0.2, 0.25) is 0 Å². The van der Waals surface area contributed by atoms with Gasteiger partial charge in [-0.2, -0.15) is 13.2 Å². The summed E-state index contributed by atoms with van der Waals surface area (Å²) in [6.07, 6.45) is -2.67. The zero-order valence-electron chi connectivity index (χ0n) is 11.7. The summed E-state index contributed by atoms with van der Waals surface area (Å²) < 4.78 is 48.2. The molecule has 0 radical (unpaired) electrons. The second-order valence-corrected chi connectivity index (χ2v) is 5.04. The highest BCUT2D eigenvalue weighted by atomic mass is 19.4. The third kappa shape index (κ3) is 5.28. The minimum atomic E-state index is -4.12. The summed E-state index contributed by atoms with van der Waals surface area (Å²) in [5.74, 6) is 0. The topological polar surface area (TPSA) is 30.5 Å². The summed E-state index contributed by atoms with van der Waals surface area (Å²) in [5, 5.41) is 3.22. The zero-order valence-corrected chi connectivity index (χ0v) is 11.7. The van der Waals surface area contributed by atoms with Crippen molar-refractivity contribution in [1.29, 1.82) is 0 Å². The quantitative estimate of drug-likeness (QED) is 0.779. The lowest BCUT2D eigenvalue weighted by Gasteiger charge is -2.43. The van der Waals surface area contributed by atoms with Gasteiger partial charge < -0.3 is 14.8 Å². The molecule has 1 unspecified atom stereocenters. The molecule has 0 saturated carbocycles. The first-order valence-electron chi connectivity index (χ1n) is 6.86. The Bertz CT molecular complexity index is 253. The maximum absolute atomic E-state index is 12.4. The van der Waals surface area contributed by atoms with Crippen molar-refractivity contribution < 1.29 is 22.6 Å². The Morgan fingerprint density at radius 3 is 2.42 bits per heavy atom. The van der Waals surface area contributed by atoms with Gasteiger partial charge in [0.15, 0.2) is 0 Å². The largest absolute Gasteiger partial charge is 0.389 e. The van der Waals surface area contributed by atoms with E-state index in [1.165, 1.54) is 0 Å². The third-order valence-corrected chi connectivity index (χ3v) is 3.74. The number of ether oxygens (including phenoxy) is 2. The second kappa shape index (κ2) is 7.45. The van der Waals surface area contributed by atoms with Crippen molar-refractivity contribution >= 4 is 0 Å². The van der Waals surface area contributed by atoms with E-state index in [0.29, 0.717) is 32.6 Å². The molecule has 6 heteroatoms. The molecular formula is C13H24F3NO2. The van der Waals surface area contributed by atoms with Gasteiger partial charge in [0.25, 0.3) is 0 Å². The maximum Gasteiger partial charge on any atom is 0.389 e. The molecule has 1 fully saturated rings. The van der Waals surface area contributed by atoms with Gasteiger partial charge in [-0.05, 0) is 19.4 Å². The van der Waals surface area contributed by atoms with Crippen LogP contribution in [0.4, 0.5) is 13.2 Å². The lowest BCUT2D eigenvalue weighted by Crippen LogP contribution is -2.55. The number of hydrogen-bond acceptors (Lipinski definition) is 3. The van der Waals surface area contributed by atoms with Crippen LogP contribution >= 0.6 is 0 Å². The summed E-state index contributed by atoms with van der Waals surface area (Å²) in [4.78, 5) is 0. The first kappa shape index (κ1) is 16.7. The van der Waals surface area contributed by atoms with E-state index in [0.717, 1.165) is 6.42 Å². The molecule has 0 aromatic carbocycles. The van der Waals surface area contributed by atoms with E-state index in [4.69, 9.17) is 9.47 Å². The first-order chi connectivity index (χ1) is 8.93. The molecule has 1 heterocycles. The summed E-state index contributed by atoms with van der Waals surface area (Å²) >= 11 is 0. The van der Waals surface area contributed by atoms with Gasteiger partial charge >= 0.3 is 6.18 Å². The Morgan fingerprint density at radius 1 is 1.32 bits per heavy atom. The number of alkyl halides is 3. The van der Waals surface area contributed by atoms with Crippen LogP contribution in [0.5, 0.6) is 0 Å². The molecule has 3 nitrogen and oxygen atoms in total. The highest BCUT2D eigenvalue weighted by molar-refractivity contribution is 4.95. The van der Waals surface area contributed by atoms with Crippen molar-refractivity contribution in [3.63, 3.8) is 0 Å². The van der Waals surface area contributed by atoms with Crippen molar-refractivity contribution in [1.82, 2.24) is 5.32 Å². The molecule has 1 N–H and O–H groups in total. The molecule has 114 valence electrons. The molecule has 1 aliphatic rings. The zero-order chi connectivity index (χ0) is 14.4. The van der Waals surface area contributed by atoms with Gasteiger partial charge in [0.05, 0.1) is 5.60 Å². The van der Waals surface area contributed by atoms with Crippen molar-refractivity contribution in [2.24, 2.45) is 0 Å². The number of hydrogen-bond donors (Lipinski definition) is 1. The normalized spacial score (nSPS) is 21.3. The van der Waals surface area contributed by atoms with Gasteiger partial charge in [-0.25, -0.2) is 0 Å². The number of rotatable bonds is 7. The molecule has 0 amide bonds. The fourth-order valence-electron chi connectivity index (χ4n) is 2.59. The Labute approximate surface area is 112 Å². The summed E-state index contributed by atoms with van der Waals surface area (Å²) in [7, 11) is 1.58. The molecule has 0 spiro atoms. The van der Waals surface area contributed by atoms with E-state index in [2.05, 4.69) is 5.32 Å². The molecule has 1 saturated heterocycles. The average molecular weight is 283 g/mol. The van der Waals surface area contributed by atoms with Crippen LogP contribution < -0.4 is 5.32 Å². The molecule has 1 rings (SSSR count). The highest BCUT2D eigenvalue weighted by Crippen LogP contribution is 2.33. The molecule has 1 atom stereocenters. The van der Waals surface area contributed by atoms with Crippen molar-refractivity contribution in [2.75, 3.05) is 26.9 Å². The number of halogens is 3. The van der Waals surface area contributed by atoms with Crippen molar-refractivity contribution in [3.05, 3.63) is 0 Å². The molecule has 1 aliphatic heterocycles. The van der Waals surface area contributed by atoms with E-state index in [9.17, 15) is 13.2 Å². The molecule has 0 aliphatic carbocycles. The van der Waals surface area contributed by atoms with Crippen LogP contribution in [0.2, 0.25) is 0 Å². The van der Waals surface area contributed by atoms with E-state index in [1.54, 1.807) is 7.11 Å². The van der Waals surface area contributed by atoms with Gasteiger partial charge in [-0.15, -0.1) is 0 Å². The predicted molar refractivity (Wildman–Crippen MR) is 67.2 cm³/mol. The van der Waals surface area contributed by atoms with Crippen LogP contribution in [0.3, 0.4) is 0 Å². The summed E-state index contributed by atoms with van der Waals surface area (Å²) in [6, 6.07) is -0.275. The van der Waals surface area contributed by atoms with Gasteiger partial charge in [-0.1, -0.05) is 6.92 Å². The monoisotopic (exact) mass is 283 g/mol. The second-order valence-electron chi connectivity index (χ2n) is 5.04.